The summed E-state index contributed by atoms with van der Waals surface area (Å²) in [6.07, 6.45) is -4.14. The van der Waals surface area contributed by atoms with Gasteiger partial charge in [-0.3, -0.25) is 9.59 Å². The van der Waals surface area contributed by atoms with Gasteiger partial charge in [-0.2, -0.15) is 13.2 Å². The van der Waals surface area contributed by atoms with Crippen LogP contribution in [0.4, 0.5) is 18.9 Å². The molecule has 1 amide bonds. The Morgan fingerprint density at radius 3 is 2.68 bits per heavy atom. The molecule has 1 aliphatic rings. The number of aromatic nitrogens is 1. The van der Waals surface area contributed by atoms with Crippen LogP contribution in [0, 0.1) is 0 Å². The number of amides is 1. The van der Waals surface area contributed by atoms with Crippen LogP contribution in [0.1, 0.15) is 5.56 Å². The second kappa shape index (κ2) is 6.32. The maximum absolute atomic E-state index is 12.8. The van der Waals surface area contributed by atoms with Gasteiger partial charge in [-0.15, -0.1) is 0 Å². The quantitative estimate of drug-likeness (QED) is 0.897. The van der Waals surface area contributed by atoms with Gasteiger partial charge in [-0.05, 0) is 18.2 Å². The summed E-state index contributed by atoms with van der Waals surface area (Å²) in [6.45, 7) is -0.568. The molecule has 25 heavy (non-hydrogen) atoms. The highest BCUT2D eigenvalue weighted by atomic mass is 35.5. The van der Waals surface area contributed by atoms with Gasteiger partial charge in [0.05, 0.1) is 5.56 Å². The van der Waals surface area contributed by atoms with Crippen LogP contribution in [0.5, 0.6) is 11.5 Å². The highest BCUT2D eigenvalue weighted by molar-refractivity contribution is 6.30. The Labute approximate surface area is 143 Å². The minimum atomic E-state index is -4.69. The van der Waals surface area contributed by atoms with Gasteiger partial charge in [0.25, 0.3) is 5.56 Å². The summed E-state index contributed by atoms with van der Waals surface area (Å²) in [5.41, 5.74) is -1.66. The largest absolute Gasteiger partial charge is 0.454 e. The molecule has 3 rings (SSSR count). The van der Waals surface area contributed by atoms with Crippen molar-refractivity contribution in [2.75, 3.05) is 12.1 Å². The molecule has 0 radical (unpaired) electrons. The van der Waals surface area contributed by atoms with Gasteiger partial charge < -0.3 is 19.4 Å². The number of ether oxygens (including phenoxy) is 2. The first-order valence-electron chi connectivity index (χ1n) is 6.91. The Morgan fingerprint density at radius 2 is 1.96 bits per heavy atom. The number of carbonyl (C=O) groups is 1. The van der Waals surface area contributed by atoms with E-state index in [1.54, 1.807) is 6.07 Å². The molecule has 0 bridgehead atoms. The number of nitrogens with zero attached hydrogens (tertiary/aromatic N) is 1. The molecule has 0 saturated heterocycles. The van der Waals surface area contributed by atoms with E-state index in [0.717, 1.165) is 0 Å². The smallest absolute Gasteiger partial charge is 0.417 e. The first kappa shape index (κ1) is 17.2. The van der Waals surface area contributed by atoms with Crippen LogP contribution in [0.2, 0.25) is 5.02 Å². The van der Waals surface area contributed by atoms with Crippen molar-refractivity contribution in [1.82, 2.24) is 4.57 Å². The molecule has 1 aromatic carbocycles. The number of nitrogens with one attached hydrogen (secondary N) is 1. The van der Waals surface area contributed by atoms with E-state index in [4.69, 9.17) is 21.1 Å². The van der Waals surface area contributed by atoms with E-state index < -0.39 is 34.8 Å². The fourth-order valence-electron chi connectivity index (χ4n) is 2.20. The Kier molecular flexibility index (Phi) is 4.34. The Morgan fingerprint density at radius 1 is 1.24 bits per heavy atom. The molecule has 1 aliphatic heterocycles. The zero-order valence-corrected chi connectivity index (χ0v) is 13.1. The third kappa shape index (κ3) is 3.71. The standard InChI is InChI=1S/C15H10ClF3N2O4/c16-10-3-8(15(17,18)19)5-21(14(10)23)6-13(22)20-9-1-2-11-12(4-9)25-7-24-11/h1-5H,6-7H2,(H,20,22). The average Bonchev–Trinajstić information content (AvgIpc) is 2.98. The van der Waals surface area contributed by atoms with Crippen molar-refractivity contribution < 1.29 is 27.4 Å². The number of hydrogen-bond acceptors (Lipinski definition) is 4. The highest BCUT2D eigenvalue weighted by Gasteiger charge is 2.32. The van der Waals surface area contributed by atoms with Crippen LogP contribution in [0.25, 0.3) is 0 Å². The van der Waals surface area contributed by atoms with Crippen LogP contribution < -0.4 is 20.3 Å². The Bertz CT molecular complexity index is 895. The summed E-state index contributed by atoms with van der Waals surface area (Å²) >= 11 is 5.54. The Hall–Kier alpha value is -2.68. The van der Waals surface area contributed by atoms with E-state index in [1.807, 2.05) is 0 Å². The number of fused-ring (bicyclic) bond motifs is 1. The predicted molar refractivity (Wildman–Crippen MR) is 81.9 cm³/mol. The van der Waals surface area contributed by atoms with E-state index in [2.05, 4.69) is 5.32 Å². The van der Waals surface area contributed by atoms with Crippen molar-refractivity contribution in [3.05, 3.63) is 51.4 Å². The molecule has 0 fully saturated rings. The maximum atomic E-state index is 12.8. The Balaban J connectivity index is 1.79. The number of alkyl halides is 3. The summed E-state index contributed by atoms with van der Waals surface area (Å²) < 4.78 is 49.3. The van der Waals surface area contributed by atoms with Crippen molar-refractivity contribution in [3.63, 3.8) is 0 Å². The molecule has 10 heteroatoms. The van der Waals surface area contributed by atoms with E-state index in [1.165, 1.54) is 12.1 Å². The number of anilines is 1. The van der Waals surface area contributed by atoms with Crippen LogP contribution in [0.3, 0.4) is 0 Å². The second-order valence-electron chi connectivity index (χ2n) is 5.12. The molecule has 0 atom stereocenters. The van der Waals surface area contributed by atoms with E-state index >= 15 is 0 Å². The minimum Gasteiger partial charge on any atom is -0.454 e. The summed E-state index contributed by atoms with van der Waals surface area (Å²) in [5, 5.41) is 1.85. The summed E-state index contributed by atoms with van der Waals surface area (Å²) in [4.78, 5) is 23.9. The molecule has 6 nitrogen and oxygen atoms in total. The van der Waals surface area contributed by atoms with Crippen molar-refractivity contribution in [2.45, 2.75) is 12.7 Å². The summed E-state index contributed by atoms with van der Waals surface area (Å²) in [7, 11) is 0. The van der Waals surface area contributed by atoms with Crippen LogP contribution in [-0.4, -0.2) is 17.3 Å². The molecular formula is C15H10ClF3N2O4. The van der Waals surface area contributed by atoms with E-state index in [0.29, 0.717) is 34.0 Å². The molecule has 2 aromatic rings. The molecule has 1 N–H and O–H groups in total. The van der Waals surface area contributed by atoms with Crippen molar-refractivity contribution in [1.29, 1.82) is 0 Å². The lowest BCUT2D eigenvalue weighted by Crippen LogP contribution is -2.29. The molecule has 0 aliphatic carbocycles. The van der Waals surface area contributed by atoms with Crippen LogP contribution in [-0.2, 0) is 17.5 Å². The van der Waals surface area contributed by atoms with E-state index in [9.17, 15) is 22.8 Å². The lowest BCUT2D eigenvalue weighted by atomic mass is 10.2. The summed E-state index contributed by atoms with van der Waals surface area (Å²) in [5.74, 6) is 0.243. The second-order valence-corrected chi connectivity index (χ2v) is 5.53. The van der Waals surface area contributed by atoms with Crippen LogP contribution in [0.15, 0.2) is 35.3 Å². The topological polar surface area (TPSA) is 69.6 Å². The monoisotopic (exact) mass is 374 g/mol. The van der Waals surface area contributed by atoms with Gasteiger partial charge in [0, 0.05) is 18.0 Å². The van der Waals surface area contributed by atoms with Gasteiger partial charge >= 0.3 is 6.18 Å². The molecule has 0 saturated carbocycles. The third-order valence-electron chi connectivity index (χ3n) is 3.34. The molecule has 2 heterocycles. The highest BCUT2D eigenvalue weighted by Crippen LogP contribution is 2.34. The van der Waals surface area contributed by atoms with Crippen molar-refractivity contribution in [3.8, 4) is 11.5 Å². The summed E-state index contributed by atoms with van der Waals surface area (Å²) in [6, 6.07) is 5.14. The first-order valence-corrected chi connectivity index (χ1v) is 7.28. The number of pyridine rings is 1. The van der Waals surface area contributed by atoms with Gasteiger partial charge in [-0.25, -0.2) is 0 Å². The first-order chi connectivity index (χ1) is 11.7. The molecule has 0 spiro atoms. The number of halogens is 4. The van der Waals surface area contributed by atoms with Crippen molar-refractivity contribution in [2.24, 2.45) is 0 Å². The number of benzene rings is 1. The fourth-order valence-corrected chi connectivity index (χ4v) is 2.43. The SMILES string of the molecule is O=C(Cn1cc(C(F)(F)F)cc(Cl)c1=O)Nc1ccc2c(c1)OCO2. The molecule has 1 aromatic heterocycles. The normalized spacial score (nSPS) is 13.0. The van der Waals surface area contributed by atoms with Gasteiger partial charge in [-0.1, -0.05) is 11.6 Å². The van der Waals surface area contributed by atoms with Crippen LogP contribution >= 0.6 is 11.6 Å². The molecular weight excluding hydrogens is 365 g/mol. The number of carbonyl (C=O) groups excluding carboxylic acids is 1. The van der Waals surface area contributed by atoms with Gasteiger partial charge in [0.15, 0.2) is 11.5 Å². The number of rotatable bonds is 3. The predicted octanol–water partition coefficient (Wildman–Crippen LogP) is 2.89. The minimum absolute atomic E-state index is 0.0604. The maximum Gasteiger partial charge on any atom is 0.417 e. The fraction of sp³-hybridized carbons (Fsp3) is 0.200. The average molecular weight is 375 g/mol. The van der Waals surface area contributed by atoms with E-state index in [-0.39, 0.29) is 6.79 Å². The molecule has 0 unspecified atom stereocenters. The zero-order valence-electron chi connectivity index (χ0n) is 12.4. The van der Waals surface area contributed by atoms with Crippen molar-refractivity contribution >= 4 is 23.2 Å². The third-order valence-corrected chi connectivity index (χ3v) is 3.61. The van der Waals surface area contributed by atoms with Gasteiger partial charge in [0.2, 0.25) is 12.7 Å². The molecule has 132 valence electrons. The lowest BCUT2D eigenvalue weighted by molar-refractivity contribution is -0.138. The van der Waals surface area contributed by atoms with Gasteiger partial charge in [0.1, 0.15) is 11.6 Å². The zero-order chi connectivity index (χ0) is 18.2. The number of hydrogen-bond donors (Lipinski definition) is 1. The lowest BCUT2D eigenvalue weighted by Gasteiger charge is -2.12.